The molecule has 0 saturated carbocycles. The van der Waals surface area contributed by atoms with Gasteiger partial charge in [-0.3, -0.25) is 14.2 Å². The van der Waals surface area contributed by atoms with E-state index in [4.69, 9.17) is 5.11 Å². The van der Waals surface area contributed by atoms with E-state index in [0.29, 0.717) is 5.65 Å². The predicted octanol–water partition coefficient (Wildman–Crippen LogP) is -0.205. The lowest BCUT2D eigenvalue weighted by atomic mass is 10.5. The molecule has 0 spiro atoms. The average Bonchev–Trinajstić information content (AvgIpc) is 2.04. The molecule has 0 aliphatic heterocycles. The standard InChI is InChI=1S/C7H5N3O2/c11-6-3-7(12)10-2-1-8-4-5(10)9-6/h1-4,11H. The summed E-state index contributed by atoms with van der Waals surface area (Å²) >= 11 is 0. The Morgan fingerprint density at radius 2 is 2.33 bits per heavy atom. The summed E-state index contributed by atoms with van der Waals surface area (Å²) < 4.78 is 1.30. The average molecular weight is 163 g/mol. The quantitative estimate of drug-likeness (QED) is 0.583. The van der Waals surface area contributed by atoms with Crippen molar-refractivity contribution in [3.63, 3.8) is 0 Å². The van der Waals surface area contributed by atoms with Crippen LogP contribution in [0.3, 0.4) is 0 Å². The lowest BCUT2D eigenvalue weighted by Gasteiger charge is -1.96. The number of nitrogens with zero attached hydrogens (tertiary/aromatic N) is 3. The van der Waals surface area contributed by atoms with Gasteiger partial charge >= 0.3 is 0 Å². The molecule has 0 aliphatic carbocycles. The van der Waals surface area contributed by atoms with Crippen LogP contribution in [0.1, 0.15) is 0 Å². The number of hydrogen-bond acceptors (Lipinski definition) is 4. The zero-order valence-electron chi connectivity index (χ0n) is 6.01. The highest BCUT2D eigenvalue weighted by atomic mass is 16.3. The van der Waals surface area contributed by atoms with Crippen LogP contribution in [0.5, 0.6) is 5.88 Å². The minimum absolute atomic E-state index is 0.284. The molecular weight excluding hydrogens is 158 g/mol. The number of rotatable bonds is 0. The van der Waals surface area contributed by atoms with Crippen molar-refractivity contribution in [3.05, 3.63) is 35.0 Å². The molecule has 60 valence electrons. The van der Waals surface area contributed by atoms with Gasteiger partial charge in [0.15, 0.2) is 5.65 Å². The molecule has 0 fully saturated rings. The third-order valence-corrected chi connectivity index (χ3v) is 1.46. The molecule has 0 unspecified atom stereocenters. The Labute approximate surface area is 67.0 Å². The van der Waals surface area contributed by atoms with Crippen molar-refractivity contribution < 1.29 is 5.11 Å². The smallest absolute Gasteiger partial charge is 0.261 e. The Bertz CT molecular complexity index is 477. The molecule has 0 amide bonds. The maximum absolute atomic E-state index is 11.1. The second-order valence-electron chi connectivity index (χ2n) is 2.26. The predicted molar refractivity (Wildman–Crippen MR) is 40.9 cm³/mol. The van der Waals surface area contributed by atoms with Crippen molar-refractivity contribution in [1.82, 2.24) is 14.4 Å². The lowest BCUT2D eigenvalue weighted by Crippen LogP contribution is -2.12. The molecule has 2 aromatic rings. The van der Waals surface area contributed by atoms with Gasteiger partial charge in [-0.25, -0.2) is 0 Å². The largest absolute Gasteiger partial charge is 0.493 e. The van der Waals surface area contributed by atoms with E-state index in [0.717, 1.165) is 6.07 Å². The van der Waals surface area contributed by atoms with Crippen molar-refractivity contribution in [1.29, 1.82) is 0 Å². The molecule has 0 aromatic carbocycles. The van der Waals surface area contributed by atoms with Crippen molar-refractivity contribution in [2.45, 2.75) is 0 Å². The summed E-state index contributed by atoms with van der Waals surface area (Å²) in [6.07, 6.45) is 4.37. The molecular formula is C7H5N3O2. The summed E-state index contributed by atoms with van der Waals surface area (Å²) in [6.45, 7) is 0. The van der Waals surface area contributed by atoms with Gasteiger partial charge in [-0.2, -0.15) is 4.98 Å². The van der Waals surface area contributed by atoms with Gasteiger partial charge in [0.2, 0.25) is 5.88 Å². The molecule has 2 heterocycles. The Kier molecular flexibility index (Phi) is 1.30. The minimum atomic E-state index is -0.320. The first-order chi connectivity index (χ1) is 5.77. The molecule has 2 rings (SSSR count). The van der Waals surface area contributed by atoms with Crippen LogP contribution >= 0.6 is 0 Å². The minimum Gasteiger partial charge on any atom is -0.493 e. The first-order valence-corrected chi connectivity index (χ1v) is 3.30. The summed E-state index contributed by atoms with van der Waals surface area (Å²) in [5, 5.41) is 8.96. The second kappa shape index (κ2) is 2.30. The molecule has 0 radical (unpaired) electrons. The molecule has 5 nitrogen and oxygen atoms in total. The highest BCUT2D eigenvalue weighted by molar-refractivity contribution is 5.36. The fourth-order valence-electron chi connectivity index (χ4n) is 0.952. The molecule has 0 atom stereocenters. The summed E-state index contributed by atoms with van der Waals surface area (Å²) in [5.74, 6) is -0.284. The highest BCUT2D eigenvalue weighted by Crippen LogP contribution is 2.00. The molecule has 2 aromatic heterocycles. The van der Waals surface area contributed by atoms with Crippen LogP contribution in [0.15, 0.2) is 29.5 Å². The van der Waals surface area contributed by atoms with Crippen molar-refractivity contribution in [3.8, 4) is 5.88 Å². The maximum Gasteiger partial charge on any atom is 0.261 e. The Hall–Kier alpha value is -1.91. The number of fused-ring (bicyclic) bond motifs is 1. The molecule has 12 heavy (non-hydrogen) atoms. The molecule has 5 heteroatoms. The van der Waals surface area contributed by atoms with Crippen LogP contribution in [0, 0.1) is 0 Å². The normalized spacial score (nSPS) is 10.3. The van der Waals surface area contributed by atoms with Crippen LogP contribution in [0.2, 0.25) is 0 Å². The SMILES string of the molecule is O=c1cc(O)nc2cnccn12. The number of hydrogen-bond donors (Lipinski definition) is 1. The Morgan fingerprint density at radius 3 is 3.17 bits per heavy atom. The van der Waals surface area contributed by atoms with E-state index >= 15 is 0 Å². The summed E-state index contributed by atoms with van der Waals surface area (Å²) in [4.78, 5) is 18.6. The van der Waals surface area contributed by atoms with Crippen LogP contribution in [-0.2, 0) is 0 Å². The second-order valence-corrected chi connectivity index (χ2v) is 2.26. The van der Waals surface area contributed by atoms with Gasteiger partial charge < -0.3 is 5.11 Å². The fourth-order valence-corrected chi connectivity index (χ4v) is 0.952. The molecule has 1 N–H and O–H groups in total. The van der Waals surface area contributed by atoms with E-state index < -0.39 is 0 Å². The molecule has 0 bridgehead atoms. The van der Waals surface area contributed by atoms with Crippen LogP contribution in [-0.4, -0.2) is 19.5 Å². The topological polar surface area (TPSA) is 67.5 Å². The summed E-state index contributed by atoms with van der Waals surface area (Å²) in [5.41, 5.74) is 0.0161. The van der Waals surface area contributed by atoms with Crippen LogP contribution < -0.4 is 5.56 Å². The van der Waals surface area contributed by atoms with E-state index in [2.05, 4.69) is 9.97 Å². The fraction of sp³-hybridized carbons (Fsp3) is 0. The molecule has 0 saturated heterocycles. The number of aromatic hydroxyl groups is 1. The van der Waals surface area contributed by atoms with Crippen molar-refractivity contribution >= 4 is 5.65 Å². The zero-order chi connectivity index (χ0) is 8.55. The number of aromatic nitrogens is 3. The summed E-state index contributed by atoms with van der Waals surface area (Å²) in [7, 11) is 0. The first-order valence-electron chi connectivity index (χ1n) is 3.30. The van der Waals surface area contributed by atoms with Gasteiger partial charge in [0.05, 0.1) is 12.3 Å². The van der Waals surface area contributed by atoms with Crippen LogP contribution in [0.25, 0.3) is 5.65 Å². The Morgan fingerprint density at radius 1 is 1.50 bits per heavy atom. The van der Waals surface area contributed by atoms with Gasteiger partial charge in [-0.15, -0.1) is 0 Å². The highest BCUT2D eigenvalue weighted by Gasteiger charge is 1.98. The maximum atomic E-state index is 11.1. The van der Waals surface area contributed by atoms with Crippen molar-refractivity contribution in [2.75, 3.05) is 0 Å². The van der Waals surface area contributed by atoms with E-state index in [1.807, 2.05) is 0 Å². The van der Waals surface area contributed by atoms with E-state index in [1.165, 1.54) is 23.0 Å². The zero-order valence-corrected chi connectivity index (χ0v) is 6.01. The first kappa shape index (κ1) is 6.78. The lowest BCUT2D eigenvalue weighted by molar-refractivity contribution is 0.452. The monoisotopic (exact) mass is 163 g/mol. The van der Waals surface area contributed by atoms with Gasteiger partial charge in [0.25, 0.3) is 5.56 Å². The summed E-state index contributed by atoms with van der Waals surface area (Å²) in [6, 6.07) is 1.05. The van der Waals surface area contributed by atoms with Gasteiger partial charge in [-0.1, -0.05) is 0 Å². The van der Waals surface area contributed by atoms with Crippen LogP contribution in [0.4, 0.5) is 0 Å². The Balaban J connectivity index is 2.99. The third-order valence-electron chi connectivity index (χ3n) is 1.46. The third kappa shape index (κ3) is 0.914. The molecule has 0 aliphatic rings. The van der Waals surface area contributed by atoms with Gasteiger partial charge in [-0.05, 0) is 0 Å². The van der Waals surface area contributed by atoms with Gasteiger partial charge in [0, 0.05) is 12.4 Å². The van der Waals surface area contributed by atoms with E-state index in [9.17, 15) is 4.79 Å². The van der Waals surface area contributed by atoms with E-state index in [1.54, 1.807) is 0 Å². The van der Waals surface area contributed by atoms with E-state index in [-0.39, 0.29) is 11.4 Å². The van der Waals surface area contributed by atoms with Crippen molar-refractivity contribution in [2.24, 2.45) is 0 Å². The van der Waals surface area contributed by atoms with Gasteiger partial charge in [0.1, 0.15) is 0 Å².